The lowest BCUT2D eigenvalue weighted by Gasteiger charge is -2.32. The molecule has 15 heavy (non-hydrogen) atoms. The minimum atomic E-state index is -0.575. The highest BCUT2D eigenvalue weighted by molar-refractivity contribution is 9.10. The van der Waals surface area contributed by atoms with E-state index in [0.29, 0.717) is 18.4 Å². The molecule has 0 N–H and O–H groups in total. The quantitative estimate of drug-likeness (QED) is 0.707. The number of carbonyl (C=O) groups excluding carboxylic acids is 1. The molecule has 0 aliphatic heterocycles. The first kappa shape index (κ1) is 10.8. The molecule has 1 aliphatic rings. The van der Waals surface area contributed by atoms with Crippen molar-refractivity contribution in [2.75, 3.05) is 0 Å². The molecule has 0 saturated heterocycles. The summed E-state index contributed by atoms with van der Waals surface area (Å²) in [4.78, 5) is 11.8. The van der Waals surface area contributed by atoms with Gasteiger partial charge in [-0.1, -0.05) is 15.9 Å². The van der Waals surface area contributed by atoms with Gasteiger partial charge in [-0.3, -0.25) is 4.79 Å². The lowest BCUT2D eigenvalue weighted by atomic mass is 9.72. The first-order valence-corrected chi connectivity index (χ1v) is 5.74. The summed E-state index contributed by atoms with van der Waals surface area (Å²) in [5.74, 6) is -0.0184. The van der Waals surface area contributed by atoms with E-state index >= 15 is 0 Å². The van der Waals surface area contributed by atoms with Crippen LogP contribution in [-0.2, 0) is 16.6 Å². The highest BCUT2D eigenvalue weighted by Crippen LogP contribution is 2.39. The van der Waals surface area contributed by atoms with Crippen molar-refractivity contribution in [2.45, 2.75) is 32.1 Å². The van der Waals surface area contributed by atoms with Crippen molar-refractivity contribution in [1.29, 1.82) is 0 Å². The van der Waals surface area contributed by atoms with Crippen LogP contribution >= 0.6 is 15.9 Å². The van der Waals surface area contributed by atoms with E-state index in [9.17, 15) is 9.18 Å². The summed E-state index contributed by atoms with van der Waals surface area (Å²) in [6.07, 6.45) is 0.955. The molecular weight excluding hydrogens is 259 g/mol. The van der Waals surface area contributed by atoms with Crippen LogP contribution in [0.5, 0.6) is 0 Å². The second-order valence-electron chi connectivity index (χ2n) is 4.43. The van der Waals surface area contributed by atoms with Crippen LogP contribution in [0.1, 0.15) is 31.4 Å². The summed E-state index contributed by atoms with van der Waals surface area (Å²) in [6.45, 7) is 3.72. The van der Waals surface area contributed by atoms with Gasteiger partial charge in [0, 0.05) is 16.3 Å². The van der Waals surface area contributed by atoms with Crippen LogP contribution in [-0.4, -0.2) is 5.78 Å². The van der Waals surface area contributed by atoms with Crippen molar-refractivity contribution in [2.24, 2.45) is 0 Å². The van der Waals surface area contributed by atoms with Gasteiger partial charge in [0.15, 0.2) is 0 Å². The Labute approximate surface area is 96.8 Å². The SMILES string of the molecule is CC1(C)C(=O)CCc2c(F)ccc(Br)c21. The molecule has 0 radical (unpaired) electrons. The van der Waals surface area contributed by atoms with Crippen LogP contribution in [0.2, 0.25) is 0 Å². The Morgan fingerprint density at radius 3 is 2.67 bits per heavy atom. The Morgan fingerprint density at radius 1 is 1.33 bits per heavy atom. The molecule has 1 aromatic rings. The Hall–Kier alpha value is -0.700. The number of hydrogen-bond donors (Lipinski definition) is 0. The normalized spacial score (nSPS) is 18.8. The zero-order valence-corrected chi connectivity index (χ0v) is 10.3. The molecule has 0 atom stereocenters. The Balaban J connectivity index is 2.73. The first-order chi connectivity index (χ1) is 6.94. The summed E-state index contributed by atoms with van der Waals surface area (Å²) in [5.41, 5.74) is 0.932. The molecule has 0 aromatic heterocycles. The zero-order chi connectivity index (χ0) is 11.2. The molecule has 0 spiro atoms. The summed E-state index contributed by atoms with van der Waals surface area (Å²) in [5, 5.41) is 0. The van der Waals surface area contributed by atoms with Crippen LogP contribution in [0.3, 0.4) is 0 Å². The van der Waals surface area contributed by atoms with Gasteiger partial charge in [0.05, 0.1) is 0 Å². The fraction of sp³-hybridized carbons (Fsp3) is 0.417. The van der Waals surface area contributed by atoms with Crippen LogP contribution in [0.25, 0.3) is 0 Å². The molecule has 0 fully saturated rings. The van der Waals surface area contributed by atoms with Crippen LogP contribution in [0.4, 0.5) is 4.39 Å². The van der Waals surface area contributed by atoms with Crippen LogP contribution < -0.4 is 0 Å². The third kappa shape index (κ3) is 1.53. The molecule has 0 amide bonds. The lowest BCUT2D eigenvalue weighted by Crippen LogP contribution is -2.35. The topological polar surface area (TPSA) is 17.1 Å². The van der Waals surface area contributed by atoms with Crippen molar-refractivity contribution in [3.05, 3.63) is 33.5 Å². The number of ketones is 1. The van der Waals surface area contributed by atoms with Gasteiger partial charge < -0.3 is 0 Å². The molecule has 1 aliphatic carbocycles. The predicted molar refractivity (Wildman–Crippen MR) is 60.5 cm³/mol. The molecule has 0 bridgehead atoms. The number of hydrogen-bond acceptors (Lipinski definition) is 1. The minimum absolute atomic E-state index is 0.182. The first-order valence-electron chi connectivity index (χ1n) is 4.95. The lowest BCUT2D eigenvalue weighted by molar-refractivity contribution is -0.124. The largest absolute Gasteiger partial charge is 0.299 e. The van der Waals surface area contributed by atoms with E-state index in [1.165, 1.54) is 6.07 Å². The third-order valence-corrected chi connectivity index (χ3v) is 3.79. The van der Waals surface area contributed by atoms with E-state index in [0.717, 1.165) is 10.0 Å². The van der Waals surface area contributed by atoms with E-state index in [1.807, 2.05) is 13.8 Å². The maximum absolute atomic E-state index is 13.6. The number of halogens is 2. The molecule has 1 aromatic carbocycles. The number of benzene rings is 1. The van der Waals surface area contributed by atoms with Crippen molar-refractivity contribution in [1.82, 2.24) is 0 Å². The molecular formula is C12H12BrFO. The van der Waals surface area contributed by atoms with Gasteiger partial charge in [0.1, 0.15) is 11.6 Å². The van der Waals surface area contributed by atoms with Gasteiger partial charge in [-0.15, -0.1) is 0 Å². The van der Waals surface area contributed by atoms with Crippen LogP contribution in [0, 0.1) is 5.82 Å². The zero-order valence-electron chi connectivity index (χ0n) is 8.73. The number of fused-ring (bicyclic) bond motifs is 1. The number of rotatable bonds is 0. The molecule has 0 saturated carbocycles. The van der Waals surface area contributed by atoms with Crippen molar-refractivity contribution >= 4 is 21.7 Å². The van der Waals surface area contributed by atoms with Gasteiger partial charge >= 0.3 is 0 Å². The monoisotopic (exact) mass is 270 g/mol. The van der Waals surface area contributed by atoms with E-state index in [-0.39, 0.29) is 11.6 Å². The highest BCUT2D eigenvalue weighted by atomic mass is 79.9. The third-order valence-electron chi connectivity index (χ3n) is 3.13. The smallest absolute Gasteiger partial charge is 0.143 e. The second kappa shape index (κ2) is 3.41. The van der Waals surface area contributed by atoms with Gasteiger partial charge in [0.25, 0.3) is 0 Å². The Kier molecular flexibility index (Phi) is 2.45. The molecule has 1 nitrogen and oxygen atoms in total. The number of carbonyl (C=O) groups is 1. The van der Waals surface area contributed by atoms with Crippen molar-refractivity contribution in [3.8, 4) is 0 Å². The van der Waals surface area contributed by atoms with Crippen molar-refractivity contribution < 1.29 is 9.18 Å². The highest BCUT2D eigenvalue weighted by Gasteiger charge is 2.37. The molecule has 0 heterocycles. The molecule has 2 rings (SSSR count). The molecule has 80 valence electrons. The average molecular weight is 271 g/mol. The van der Waals surface area contributed by atoms with E-state index in [1.54, 1.807) is 6.07 Å². The standard InChI is InChI=1S/C12H12BrFO/c1-12(2)10(15)6-3-7-9(14)5-4-8(13)11(7)12/h4-5H,3,6H2,1-2H3. The second-order valence-corrected chi connectivity index (χ2v) is 5.29. The summed E-state index contributed by atoms with van der Waals surface area (Å²) < 4.78 is 14.4. The van der Waals surface area contributed by atoms with E-state index in [4.69, 9.17) is 0 Å². The maximum Gasteiger partial charge on any atom is 0.143 e. The van der Waals surface area contributed by atoms with Gasteiger partial charge in [0.2, 0.25) is 0 Å². The van der Waals surface area contributed by atoms with Gasteiger partial charge in [-0.2, -0.15) is 0 Å². The Bertz CT molecular complexity index is 437. The number of Topliss-reactive ketones (excluding diaryl/α,β-unsaturated/α-hetero) is 1. The molecule has 0 unspecified atom stereocenters. The fourth-order valence-corrected chi connectivity index (χ4v) is 3.07. The maximum atomic E-state index is 13.6. The van der Waals surface area contributed by atoms with Gasteiger partial charge in [-0.25, -0.2) is 4.39 Å². The summed E-state index contributed by atoms with van der Waals surface area (Å²) in [7, 11) is 0. The van der Waals surface area contributed by atoms with Crippen molar-refractivity contribution in [3.63, 3.8) is 0 Å². The Morgan fingerprint density at radius 2 is 2.00 bits per heavy atom. The van der Waals surface area contributed by atoms with Gasteiger partial charge in [-0.05, 0) is 43.5 Å². The van der Waals surface area contributed by atoms with E-state index < -0.39 is 5.41 Å². The fourth-order valence-electron chi connectivity index (χ4n) is 2.20. The predicted octanol–water partition coefficient (Wildman–Crippen LogP) is 3.38. The molecule has 3 heteroatoms. The van der Waals surface area contributed by atoms with E-state index in [2.05, 4.69) is 15.9 Å². The van der Waals surface area contributed by atoms with Crippen LogP contribution in [0.15, 0.2) is 16.6 Å². The summed E-state index contributed by atoms with van der Waals surface area (Å²) >= 11 is 3.40. The minimum Gasteiger partial charge on any atom is -0.299 e. The summed E-state index contributed by atoms with van der Waals surface area (Å²) in [6, 6.07) is 3.13. The average Bonchev–Trinajstić information content (AvgIpc) is 2.16.